The lowest BCUT2D eigenvalue weighted by Gasteiger charge is -2.10. The minimum absolute atomic E-state index is 0.225. The Morgan fingerprint density at radius 2 is 1.70 bits per heavy atom. The highest BCUT2D eigenvalue weighted by Gasteiger charge is 2.12. The van der Waals surface area contributed by atoms with Gasteiger partial charge >= 0.3 is 0 Å². The molecule has 20 heavy (non-hydrogen) atoms. The first-order valence-corrected chi connectivity index (χ1v) is 7.88. The van der Waals surface area contributed by atoms with E-state index in [1.54, 1.807) is 18.2 Å². The fraction of sp³-hybridized carbons (Fsp3) is 0.133. The van der Waals surface area contributed by atoms with E-state index < -0.39 is 0 Å². The molecule has 2 rings (SSSR count). The molecule has 0 saturated heterocycles. The highest BCUT2D eigenvalue weighted by Crippen LogP contribution is 2.26. The van der Waals surface area contributed by atoms with E-state index in [0.717, 1.165) is 25.8 Å². The van der Waals surface area contributed by atoms with Crippen LogP contribution >= 0.6 is 43.5 Å². The van der Waals surface area contributed by atoms with Gasteiger partial charge in [0.1, 0.15) is 0 Å². The van der Waals surface area contributed by atoms with Gasteiger partial charge < -0.3 is 5.32 Å². The van der Waals surface area contributed by atoms with Crippen molar-refractivity contribution in [1.29, 1.82) is 0 Å². The molecule has 0 heterocycles. The number of rotatable bonds is 2. The van der Waals surface area contributed by atoms with Crippen molar-refractivity contribution in [3.8, 4) is 0 Å². The molecule has 2 aromatic rings. The van der Waals surface area contributed by atoms with Crippen LogP contribution in [0.5, 0.6) is 0 Å². The predicted octanol–water partition coefficient (Wildman–Crippen LogP) is 5.73. The Labute approximate surface area is 139 Å². The molecule has 0 aliphatic carbocycles. The molecule has 5 heteroatoms. The average molecular weight is 418 g/mol. The van der Waals surface area contributed by atoms with Gasteiger partial charge in [-0.1, -0.05) is 43.5 Å². The second-order valence-corrected chi connectivity index (χ2v) is 6.62. The molecule has 0 bridgehead atoms. The standard InChI is InChI=1S/C15H12Br2ClNO/c1-8-5-11(6-9(2)14(8)17)19-15(20)12-7-10(16)3-4-13(12)18/h3-7H,1-2H3,(H,19,20). The van der Waals surface area contributed by atoms with E-state index in [4.69, 9.17) is 11.6 Å². The van der Waals surface area contributed by atoms with Gasteiger partial charge in [0, 0.05) is 14.6 Å². The quantitative estimate of drug-likeness (QED) is 0.664. The molecule has 0 radical (unpaired) electrons. The molecular formula is C15H12Br2ClNO. The van der Waals surface area contributed by atoms with Crippen LogP contribution < -0.4 is 5.32 Å². The second kappa shape index (κ2) is 6.29. The molecule has 0 saturated carbocycles. The van der Waals surface area contributed by atoms with E-state index in [2.05, 4.69) is 37.2 Å². The van der Waals surface area contributed by atoms with Crippen molar-refractivity contribution in [3.63, 3.8) is 0 Å². The van der Waals surface area contributed by atoms with Gasteiger partial charge in [0.2, 0.25) is 0 Å². The highest BCUT2D eigenvalue weighted by molar-refractivity contribution is 9.10. The number of hydrogen-bond donors (Lipinski definition) is 1. The van der Waals surface area contributed by atoms with E-state index in [9.17, 15) is 4.79 Å². The Balaban J connectivity index is 2.30. The van der Waals surface area contributed by atoms with Crippen LogP contribution in [-0.4, -0.2) is 5.91 Å². The van der Waals surface area contributed by atoms with Gasteiger partial charge in [-0.15, -0.1) is 0 Å². The summed E-state index contributed by atoms with van der Waals surface area (Å²) in [5.41, 5.74) is 3.34. The second-order valence-electron chi connectivity index (χ2n) is 4.50. The van der Waals surface area contributed by atoms with Gasteiger partial charge in [0.05, 0.1) is 10.6 Å². The number of anilines is 1. The summed E-state index contributed by atoms with van der Waals surface area (Å²) >= 11 is 12.9. The first kappa shape index (κ1) is 15.5. The third-order valence-corrected chi connectivity index (χ3v) is 4.94. The number of hydrogen-bond acceptors (Lipinski definition) is 1. The molecule has 0 fully saturated rings. The number of amides is 1. The number of benzene rings is 2. The topological polar surface area (TPSA) is 29.1 Å². The molecule has 0 atom stereocenters. The van der Waals surface area contributed by atoms with Gasteiger partial charge in [-0.25, -0.2) is 0 Å². The lowest BCUT2D eigenvalue weighted by Crippen LogP contribution is -2.12. The Hall–Kier alpha value is -0.840. The summed E-state index contributed by atoms with van der Waals surface area (Å²) in [5, 5.41) is 3.30. The first-order valence-electron chi connectivity index (χ1n) is 5.91. The minimum Gasteiger partial charge on any atom is -0.322 e. The SMILES string of the molecule is Cc1cc(NC(=O)c2cc(Br)ccc2Cl)cc(C)c1Br. The summed E-state index contributed by atoms with van der Waals surface area (Å²) in [6.45, 7) is 3.97. The maximum Gasteiger partial charge on any atom is 0.257 e. The first-order chi connectivity index (χ1) is 9.38. The van der Waals surface area contributed by atoms with Gasteiger partial charge in [-0.05, 0) is 55.3 Å². The zero-order valence-corrected chi connectivity index (χ0v) is 14.9. The van der Waals surface area contributed by atoms with Crippen LogP contribution in [0.1, 0.15) is 21.5 Å². The van der Waals surface area contributed by atoms with Crippen LogP contribution in [0.15, 0.2) is 39.3 Å². The van der Waals surface area contributed by atoms with E-state index >= 15 is 0 Å². The van der Waals surface area contributed by atoms with Crippen molar-refractivity contribution in [2.75, 3.05) is 5.32 Å². The number of carbonyl (C=O) groups is 1. The molecule has 2 nitrogen and oxygen atoms in total. The van der Waals surface area contributed by atoms with Crippen LogP contribution in [0.25, 0.3) is 0 Å². The highest BCUT2D eigenvalue weighted by atomic mass is 79.9. The summed E-state index contributed by atoms with van der Waals surface area (Å²) < 4.78 is 1.87. The minimum atomic E-state index is -0.225. The van der Waals surface area contributed by atoms with Crippen LogP contribution in [0.3, 0.4) is 0 Å². The van der Waals surface area contributed by atoms with Crippen LogP contribution in [0.2, 0.25) is 5.02 Å². The van der Waals surface area contributed by atoms with Crippen molar-refractivity contribution in [1.82, 2.24) is 0 Å². The van der Waals surface area contributed by atoms with Crippen LogP contribution in [0, 0.1) is 13.8 Å². The number of halogens is 3. The molecule has 1 N–H and O–H groups in total. The fourth-order valence-corrected chi connectivity index (χ4v) is 2.68. The zero-order valence-electron chi connectivity index (χ0n) is 10.9. The van der Waals surface area contributed by atoms with E-state index in [0.29, 0.717) is 10.6 Å². The van der Waals surface area contributed by atoms with Crippen molar-refractivity contribution in [3.05, 3.63) is 61.0 Å². The molecule has 2 aromatic carbocycles. The predicted molar refractivity (Wildman–Crippen MR) is 90.7 cm³/mol. The Bertz CT molecular complexity index is 663. The molecule has 0 aromatic heterocycles. The molecule has 0 unspecified atom stereocenters. The maximum atomic E-state index is 12.3. The number of nitrogens with one attached hydrogen (secondary N) is 1. The van der Waals surface area contributed by atoms with E-state index in [1.165, 1.54) is 0 Å². The molecule has 104 valence electrons. The Morgan fingerprint density at radius 3 is 2.30 bits per heavy atom. The number of aryl methyl sites for hydroxylation is 2. The average Bonchev–Trinajstić information content (AvgIpc) is 2.38. The summed E-state index contributed by atoms with van der Waals surface area (Å²) in [6, 6.07) is 9.03. The van der Waals surface area contributed by atoms with Crippen molar-refractivity contribution < 1.29 is 4.79 Å². The molecule has 0 aliphatic heterocycles. The fourth-order valence-electron chi connectivity index (χ4n) is 1.89. The normalized spacial score (nSPS) is 10.4. The summed E-state index contributed by atoms with van der Waals surface area (Å²) in [6.07, 6.45) is 0. The van der Waals surface area contributed by atoms with Crippen LogP contribution in [0.4, 0.5) is 5.69 Å². The monoisotopic (exact) mass is 415 g/mol. The lowest BCUT2D eigenvalue weighted by molar-refractivity contribution is 0.102. The van der Waals surface area contributed by atoms with Crippen molar-refractivity contribution in [2.45, 2.75) is 13.8 Å². The van der Waals surface area contributed by atoms with Crippen LogP contribution in [-0.2, 0) is 0 Å². The third-order valence-electron chi connectivity index (χ3n) is 2.87. The largest absolute Gasteiger partial charge is 0.322 e. The summed E-state index contributed by atoms with van der Waals surface area (Å²) in [4.78, 5) is 12.3. The zero-order chi connectivity index (χ0) is 14.9. The maximum absolute atomic E-state index is 12.3. The molecule has 1 amide bonds. The smallest absolute Gasteiger partial charge is 0.257 e. The molecule has 0 aliphatic rings. The van der Waals surface area contributed by atoms with E-state index in [1.807, 2.05) is 26.0 Å². The number of carbonyl (C=O) groups excluding carboxylic acids is 1. The van der Waals surface area contributed by atoms with Gasteiger partial charge in [-0.2, -0.15) is 0 Å². The lowest BCUT2D eigenvalue weighted by atomic mass is 10.1. The van der Waals surface area contributed by atoms with Gasteiger partial charge in [0.25, 0.3) is 5.91 Å². The van der Waals surface area contributed by atoms with E-state index in [-0.39, 0.29) is 5.91 Å². The summed E-state index contributed by atoms with van der Waals surface area (Å²) in [7, 11) is 0. The molecular weight excluding hydrogens is 405 g/mol. The Morgan fingerprint density at radius 1 is 1.10 bits per heavy atom. The van der Waals surface area contributed by atoms with Gasteiger partial charge in [0.15, 0.2) is 0 Å². The van der Waals surface area contributed by atoms with Crippen molar-refractivity contribution in [2.24, 2.45) is 0 Å². The van der Waals surface area contributed by atoms with Crippen molar-refractivity contribution >= 4 is 55.1 Å². The summed E-state index contributed by atoms with van der Waals surface area (Å²) in [5.74, 6) is -0.225. The third kappa shape index (κ3) is 3.43. The van der Waals surface area contributed by atoms with Gasteiger partial charge in [-0.3, -0.25) is 4.79 Å². The Kier molecular flexibility index (Phi) is 4.89. The molecule has 0 spiro atoms.